The zero-order chi connectivity index (χ0) is 11.8. The van der Waals surface area contributed by atoms with Crippen LogP contribution < -0.4 is 11.2 Å². The highest BCUT2D eigenvalue weighted by atomic mass is 32.2. The number of anilines is 1. The van der Waals surface area contributed by atoms with Crippen molar-refractivity contribution in [2.75, 3.05) is 5.73 Å². The molecule has 0 aliphatic carbocycles. The lowest BCUT2D eigenvalue weighted by Gasteiger charge is -2.06. The molecule has 17 heavy (non-hydrogen) atoms. The van der Waals surface area contributed by atoms with E-state index in [-0.39, 0.29) is 0 Å². The first-order chi connectivity index (χ1) is 8.24. The van der Waals surface area contributed by atoms with Crippen LogP contribution in [0.5, 0.6) is 0 Å². The van der Waals surface area contributed by atoms with Gasteiger partial charge in [0.1, 0.15) is 11.3 Å². The van der Waals surface area contributed by atoms with Crippen LogP contribution in [0.1, 0.15) is 10.8 Å². The van der Waals surface area contributed by atoms with Crippen molar-refractivity contribution >= 4 is 17.6 Å². The Balaban J connectivity index is 1.99. The van der Waals surface area contributed by atoms with Gasteiger partial charge in [0.25, 0.3) is 0 Å². The molecule has 86 valence electrons. The Morgan fingerprint density at radius 2 is 2.12 bits per heavy atom. The third-order valence-corrected chi connectivity index (χ3v) is 4.03. The monoisotopic (exact) mass is 244 g/mol. The molecule has 2 aromatic rings. The molecule has 0 fully saturated rings. The van der Waals surface area contributed by atoms with Crippen molar-refractivity contribution in [2.45, 2.75) is 17.0 Å². The van der Waals surface area contributed by atoms with E-state index in [4.69, 9.17) is 11.1 Å². The lowest BCUT2D eigenvalue weighted by Crippen LogP contribution is -2.20. The van der Waals surface area contributed by atoms with Crippen molar-refractivity contribution in [2.24, 2.45) is 0 Å². The maximum absolute atomic E-state index is 7.87. The second-order valence-electron chi connectivity index (χ2n) is 3.98. The number of nitrogens with two attached hydrogens (primary N) is 1. The van der Waals surface area contributed by atoms with Crippen LogP contribution in [0, 0.1) is 5.41 Å². The largest absolute Gasteiger partial charge is 0.383 e. The smallest absolute Gasteiger partial charge is 0.172 e. The summed E-state index contributed by atoms with van der Waals surface area (Å²) in [6.07, 6.45) is 0. The Hall–Kier alpha value is -1.75. The van der Waals surface area contributed by atoms with Gasteiger partial charge in [-0.15, -0.1) is 0 Å². The first kappa shape index (κ1) is 10.4. The predicted octanol–water partition coefficient (Wildman–Crippen LogP) is 1.79. The lowest BCUT2D eigenvalue weighted by atomic mass is 10.1. The van der Waals surface area contributed by atoms with Gasteiger partial charge in [-0.1, -0.05) is 42.1 Å². The lowest BCUT2D eigenvalue weighted by molar-refractivity contribution is 0.599. The third-order valence-electron chi connectivity index (χ3n) is 2.80. The van der Waals surface area contributed by atoms with Gasteiger partial charge in [-0.2, -0.15) is 0 Å². The van der Waals surface area contributed by atoms with Gasteiger partial charge in [-0.25, -0.2) is 4.98 Å². The summed E-state index contributed by atoms with van der Waals surface area (Å²) in [6.45, 7) is 0.788. The van der Waals surface area contributed by atoms with E-state index in [0.29, 0.717) is 16.6 Å². The molecule has 3 N–H and O–H groups in total. The topological polar surface area (TPSA) is 67.7 Å². The van der Waals surface area contributed by atoms with Gasteiger partial charge in [0.15, 0.2) is 5.16 Å². The molecule has 1 unspecified atom stereocenters. The molecule has 2 heterocycles. The van der Waals surface area contributed by atoms with Crippen LogP contribution in [0.3, 0.4) is 0 Å². The van der Waals surface area contributed by atoms with E-state index in [0.717, 1.165) is 11.7 Å². The summed E-state index contributed by atoms with van der Waals surface area (Å²) >= 11 is 1.67. The molecule has 0 saturated heterocycles. The highest BCUT2D eigenvalue weighted by molar-refractivity contribution is 7.99. The molecule has 4 nitrogen and oxygen atoms in total. The number of nitrogens with one attached hydrogen (secondary N) is 1. The highest BCUT2D eigenvalue weighted by Crippen LogP contribution is 2.40. The minimum Gasteiger partial charge on any atom is -0.383 e. The molecule has 5 heteroatoms. The van der Waals surface area contributed by atoms with Crippen molar-refractivity contribution in [1.29, 1.82) is 5.41 Å². The van der Waals surface area contributed by atoms with Crippen LogP contribution in [-0.4, -0.2) is 9.55 Å². The van der Waals surface area contributed by atoms with Crippen molar-refractivity contribution < 1.29 is 0 Å². The summed E-state index contributed by atoms with van der Waals surface area (Å²) in [4.78, 5) is 4.27. The van der Waals surface area contributed by atoms with Crippen molar-refractivity contribution in [3.8, 4) is 0 Å². The zero-order valence-electron chi connectivity index (χ0n) is 9.13. The number of hydrogen-bond donors (Lipinski definition) is 2. The normalized spacial score (nSPS) is 18.0. The first-order valence-corrected chi connectivity index (χ1v) is 6.25. The van der Waals surface area contributed by atoms with Crippen LogP contribution in [0.15, 0.2) is 41.6 Å². The summed E-state index contributed by atoms with van der Waals surface area (Å²) in [6, 6.07) is 11.9. The Morgan fingerprint density at radius 3 is 2.88 bits per heavy atom. The van der Waals surface area contributed by atoms with Gasteiger partial charge in [0.05, 0.1) is 5.25 Å². The van der Waals surface area contributed by atoms with Gasteiger partial charge in [0, 0.05) is 12.6 Å². The quantitative estimate of drug-likeness (QED) is 0.751. The Bertz CT molecular complexity index is 606. The summed E-state index contributed by atoms with van der Waals surface area (Å²) in [7, 11) is 0. The number of nitrogens with zero attached hydrogens (tertiary/aromatic N) is 2. The third kappa shape index (κ3) is 1.82. The number of thioether (sulfide) groups is 1. The summed E-state index contributed by atoms with van der Waals surface area (Å²) < 4.78 is 1.90. The van der Waals surface area contributed by atoms with E-state index in [1.54, 1.807) is 17.8 Å². The second-order valence-corrected chi connectivity index (χ2v) is 5.15. The van der Waals surface area contributed by atoms with Crippen molar-refractivity contribution in [1.82, 2.24) is 9.55 Å². The van der Waals surface area contributed by atoms with Gasteiger partial charge in [-0.05, 0) is 5.56 Å². The maximum atomic E-state index is 7.87. The summed E-state index contributed by atoms with van der Waals surface area (Å²) in [5.41, 5.74) is 7.35. The van der Waals surface area contributed by atoms with Crippen molar-refractivity contribution in [3.63, 3.8) is 0 Å². The Kier molecular flexibility index (Phi) is 2.40. The molecule has 1 atom stereocenters. The molecule has 0 saturated carbocycles. The molecule has 1 aromatic carbocycles. The minimum absolute atomic E-state index is 0.328. The maximum Gasteiger partial charge on any atom is 0.172 e. The van der Waals surface area contributed by atoms with E-state index in [9.17, 15) is 0 Å². The fourth-order valence-corrected chi connectivity index (χ4v) is 3.19. The predicted molar refractivity (Wildman–Crippen MR) is 67.5 cm³/mol. The van der Waals surface area contributed by atoms with Gasteiger partial charge >= 0.3 is 0 Å². The van der Waals surface area contributed by atoms with E-state index >= 15 is 0 Å². The molecule has 1 aromatic heterocycles. The average Bonchev–Trinajstić information content (AvgIpc) is 2.74. The van der Waals surface area contributed by atoms with Gasteiger partial charge in [-0.3, -0.25) is 5.41 Å². The molecule has 0 radical (unpaired) electrons. The molecule has 1 aliphatic rings. The standard InChI is InChI=1S/C12H12N4S/c13-10-6-11(14)16-7-9(17-12(16)15-10)8-4-2-1-3-5-8/h1-6,9,14H,7,13H2. The highest BCUT2D eigenvalue weighted by Gasteiger charge is 2.24. The Labute approximate surface area is 103 Å². The number of nitrogen functional groups attached to an aromatic ring is 1. The summed E-state index contributed by atoms with van der Waals surface area (Å²) in [5, 5.41) is 9.04. The van der Waals surface area contributed by atoms with Crippen LogP contribution >= 0.6 is 11.8 Å². The van der Waals surface area contributed by atoms with E-state index in [2.05, 4.69) is 17.1 Å². The van der Waals surface area contributed by atoms with Crippen LogP contribution in [0.2, 0.25) is 0 Å². The van der Waals surface area contributed by atoms with Crippen LogP contribution in [0.4, 0.5) is 5.82 Å². The molecular weight excluding hydrogens is 232 g/mol. The zero-order valence-corrected chi connectivity index (χ0v) is 9.95. The molecular formula is C12H12N4S. The van der Waals surface area contributed by atoms with Crippen molar-refractivity contribution in [3.05, 3.63) is 47.4 Å². The first-order valence-electron chi connectivity index (χ1n) is 5.37. The molecule has 1 aliphatic heterocycles. The minimum atomic E-state index is 0.328. The fraction of sp³-hybridized carbons (Fsp3) is 0.167. The van der Waals surface area contributed by atoms with E-state index in [1.165, 1.54) is 5.56 Å². The summed E-state index contributed by atoms with van der Waals surface area (Å²) in [5.74, 6) is 0.419. The fourth-order valence-electron chi connectivity index (χ4n) is 1.96. The molecule has 3 rings (SSSR count). The number of benzene rings is 1. The van der Waals surface area contributed by atoms with Gasteiger partial charge < -0.3 is 10.3 Å². The molecule has 0 amide bonds. The van der Waals surface area contributed by atoms with E-state index in [1.807, 2.05) is 22.8 Å². The van der Waals surface area contributed by atoms with E-state index < -0.39 is 0 Å². The SMILES string of the molecule is N=c1cc(N)nc2n1CC(c1ccccc1)S2. The number of hydrogen-bond acceptors (Lipinski definition) is 4. The Morgan fingerprint density at radius 1 is 1.35 bits per heavy atom. The average molecular weight is 244 g/mol. The molecule has 0 spiro atoms. The number of rotatable bonds is 1. The van der Waals surface area contributed by atoms with Gasteiger partial charge in [0.2, 0.25) is 0 Å². The molecule has 0 bridgehead atoms. The number of aromatic nitrogens is 2. The number of fused-ring (bicyclic) bond motifs is 1. The van der Waals surface area contributed by atoms with Crippen LogP contribution in [0.25, 0.3) is 0 Å². The van der Waals surface area contributed by atoms with Crippen LogP contribution in [-0.2, 0) is 6.54 Å². The second kappa shape index (κ2) is 3.92.